The molecule has 0 aliphatic carbocycles. The molecule has 0 N–H and O–H groups in total. The molecule has 194 valence electrons. The van der Waals surface area contributed by atoms with Gasteiger partial charge in [-0.2, -0.15) is 0 Å². The van der Waals surface area contributed by atoms with E-state index in [2.05, 4.69) is 137 Å². The summed E-state index contributed by atoms with van der Waals surface area (Å²) in [6.45, 7) is 25.8. The summed E-state index contributed by atoms with van der Waals surface area (Å²) in [6.07, 6.45) is 4.65. The van der Waals surface area contributed by atoms with Crippen molar-refractivity contribution in [1.29, 1.82) is 0 Å². The third-order valence-electron chi connectivity index (χ3n) is 7.13. The molecule has 1 heterocycles. The van der Waals surface area contributed by atoms with Crippen molar-refractivity contribution in [1.82, 2.24) is 3.43 Å². The second-order valence-corrected chi connectivity index (χ2v) is 20.3. The summed E-state index contributed by atoms with van der Waals surface area (Å²) in [6, 6.07) is 13.7. The van der Waals surface area contributed by atoms with Gasteiger partial charge in [-0.1, -0.05) is 0 Å². The van der Waals surface area contributed by atoms with Gasteiger partial charge in [-0.15, -0.1) is 0 Å². The summed E-state index contributed by atoms with van der Waals surface area (Å²) >= 11 is -0.816. The molecule has 2 radical (unpaired) electrons. The van der Waals surface area contributed by atoms with Crippen LogP contribution in [0.2, 0.25) is 19.6 Å². The molecule has 2 aromatic rings. The maximum atomic E-state index is 6.95. The van der Waals surface area contributed by atoms with Crippen LogP contribution in [0.4, 0.5) is 11.4 Å². The summed E-state index contributed by atoms with van der Waals surface area (Å²) < 4.78 is 2.68. The summed E-state index contributed by atoms with van der Waals surface area (Å²) in [4.78, 5) is 5.10. The Hall–Kier alpha value is -1.15. The monoisotopic (exact) mass is 583 g/mol. The fourth-order valence-electron chi connectivity index (χ4n) is 5.20. The van der Waals surface area contributed by atoms with Crippen molar-refractivity contribution in [2.24, 2.45) is 0 Å². The average Bonchev–Trinajstić information content (AvgIpc) is 3.20. The number of anilines is 2. The Labute approximate surface area is 233 Å². The molecule has 7 heteroatoms. The molecule has 1 aliphatic rings. The molecule has 0 bridgehead atoms. The van der Waals surface area contributed by atoms with E-state index >= 15 is 0 Å². The summed E-state index contributed by atoms with van der Waals surface area (Å²) in [5, 5.41) is 0. The van der Waals surface area contributed by atoms with Gasteiger partial charge in [-0.05, 0) is 0 Å². The predicted molar refractivity (Wildman–Crippen MR) is 166 cm³/mol. The molecular weight excluding hydrogens is 537 g/mol. The summed E-state index contributed by atoms with van der Waals surface area (Å²) in [7, 11) is 5.25. The van der Waals surface area contributed by atoms with Crippen LogP contribution in [0.25, 0.3) is 0 Å². The van der Waals surface area contributed by atoms with E-state index in [1.54, 1.807) is 0 Å². The first kappa shape index (κ1) is 29.4. The van der Waals surface area contributed by atoms with Gasteiger partial charge in [0.1, 0.15) is 0 Å². The van der Waals surface area contributed by atoms with Crippen LogP contribution >= 0.6 is 10.0 Å². The van der Waals surface area contributed by atoms with Crippen LogP contribution < -0.4 is 9.62 Å². The van der Waals surface area contributed by atoms with Crippen molar-refractivity contribution < 1.29 is 0 Å². The average molecular weight is 583 g/mol. The number of benzene rings is 2. The first-order valence-electron chi connectivity index (χ1n) is 13.5. The van der Waals surface area contributed by atoms with Crippen LogP contribution in [0, 0.1) is 0 Å². The Balaban J connectivity index is 2.34. The van der Waals surface area contributed by atoms with E-state index in [0.717, 1.165) is 0 Å². The molecule has 0 saturated heterocycles. The molecule has 0 fully saturated rings. The summed E-state index contributed by atoms with van der Waals surface area (Å²) in [5.74, 6) is 1.73. The van der Waals surface area contributed by atoms with Gasteiger partial charge in [0.2, 0.25) is 0 Å². The Morgan fingerprint density at radius 2 is 0.972 bits per heavy atom. The van der Waals surface area contributed by atoms with Crippen molar-refractivity contribution in [2.75, 3.05) is 9.62 Å². The van der Waals surface area contributed by atoms with Gasteiger partial charge in [-0.25, -0.2) is 0 Å². The van der Waals surface area contributed by atoms with Gasteiger partial charge in [0, 0.05) is 0 Å². The van der Waals surface area contributed by atoms with Crippen molar-refractivity contribution in [3.05, 3.63) is 71.1 Å². The Kier molecular flexibility index (Phi) is 9.57. The SMILES string of the molecule is CC(C)c1cccc(C(C)C)c1N1C=CN(c2c(C(C)C)cccc2C(C)C)B1[N]([Ge][Cl])[Si](C)(C)C. The van der Waals surface area contributed by atoms with Crippen molar-refractivity contribution in [3.63, 3.8) is 0 Å². The minimum absolute atomic E-state index is 0.0453. The number of halogens is 1. The molecule has 0 saturated carbocycles. The minimum atomic E-state index is -1.75. The van der Waals surface area contributed by atoms with E-state index in [1.165, 1.54) is 33.6 Å². The molecule has 3 nitrogen and oxygen atoms in total. The van der Waals surface area contributed by atoms with E-state index < -0.39 is 23.0 Å². The fraction of sp³-hybridized carbons (Fsp3) is 0.517. The van der Waals surface area contributed by atoms with Crippen molar-refractivity contribution >= 4 is 51.5 Å². The molecule has 2 aromatic carbocycles. The number of hydrogen-bond donors (Lipinski definition) is 0. The molecule has 36 heavy (non-hydrogen) atoms. The van der Waals surface area contributed by atoms with Crippen LogP contribution in [0.15, 0.2) is 48.8 Å². The molecule has 0 aromatic heterocycles. The third kappa shape index (κ3) is 5.79. The normalized spacial score (nSPS) is 14.6. The van der Waals surface area contributed by atoms with Crippen LogP contribution in [-0.4, -0.2) is 33.5 Å². The predicted octanol–water partition coefficient (Wildman–Crippen LogP) is 8.87. The molecule has 0 spiro atoms. The molecule has 0 atom stereocenters. The zero-order valence-corrected chi connectivity index (χ0v) is 28.1. The van der Waals surface area contributed by atoms with Crippen LogP contribution in [0.3, 0.4) is 0 Å². The van der Waals surface area contributed by atoms with Crippen molar-refractivity contribution in [2.45, 2.75) is 98.7 Å². The van der Waals surface area contributed by atoms with E-state index in [-0.39, 0.29) is 7.12 Å². The van der Waals surface area contributed by atoms with Crippen LogP contribution in [0.5, 0.6) is 0 Å². The topological polar surface area (TPSA) is 9.72 Å². The quantitative estimate of drug-likeness (QED) is 0.274. The number of nitrogens with zero attached hydrogens (tertiary/aromatic N) is 3. The second-order valence-electron chi connectivity index (χ2n) is 12.3. The van der Waals surface area contributed by atoms with Crippen molar-refractivity contribution in [3.8, 4) is 0 Å². The van der Waals surface area contributed by atoms with E-state index in [1.807, 2.05) is 0 Å². The number of para-hydroxylation sites is 2. The van der Waals surface area contributed by atoms with Gasteiger partial charge in [0.15, 0.2) is 0 Å². The van der Waals surface area contributed by atoms with E-state index in [9.17, 15) is 0 Å². The Morgan fingerprint density at radius 1 is 0.667 bits per heavy atom. The number of hydrogen-bond acceptors (Lipinski definition) is 3. The van der Waals surface area contributed by atoms with Gasteiger partial charge in [0.05, 0.1) is 0 Å². The standard InChI is InChI=1S/C29H45BClGeN3Si/c1-20(2)24-14-12-15-25(21(3)4)28(24)33-18-19-34(30(33)35(32-31)36(9,10)11)29-26(22(5)6)16-13-17-27(29)23(7)8/h12-23H,1-11H3. The molecule has 1 aliphatic heterocycles. The first-order chi connectivity index (χ1) is 16.8. The zero-order valence-electron chi connectivity index (χ0n) is 24.2. The van der Waals surface area contributed by atoms with Crippen LogP contribution in [0.1, 0.15) is 101 Å². The van der Waals surface area contributed by atoms with Gasteiger partial charge >= 0.3 is 234 Å². The first-order valence-corrected chi connectivity index (χ1v) is 20.6. The molecular formula is C29H45BClGeN3Si. The van der Waals surface area contributed by atoms with E-state index in [0.29, 0.717) is 23.7 Å². The zero-order chi connectivity index (χ0) is 26.9. The van der Waals surface area contributed by atoms with E-state index in [4.69, 9.17) is 10.0 Å². The third-order valence-corrected chi connectivity index (χ3v) is 16.2. The maximum absolute atomic E-state index is 6.95. The van der Waals surface area contributed by atoms with Gasteiger partial charge in [-0.3, -0.25) is 0 Å². The van der Waals surface area contributed by atoms with Crippen LogP contribution in [-0.2, 0) is 0 Å². The molecule has 0 unspecified atom stereocenters. The molecule has 3 rings (SSSR count). The van der Waals surface area contributed by atoms with Gasteiger partial charge in [0.25, 0.3) is 0 Å². The Bertz CT molecular complexity index is 955. The Morgan fingerprint density at radius 3 is 1.19 bits per heavy atom. The summed E-state index contributed by atoms with van der Waals surface area (Å²) in [5.41, 5.74) is 8.35. The van der Waals surface area contributed by atoms with Gasteiger partial charge < -0.3 is 0 Å². The second kappa shape index (κ2) is 11.7. The number of rotatable bonds is 9. The fourth-order valence-corrected chi connectivity index (χ4v) is 13.1. The molecule has 0 amide bonds.